The first kappa shape index (κ1) is 15.4. The highest BCUT2D eigenvalue weighted by atomic mass is 79.9. The molecular formula is C13H22BrN3O. The molecule has 1 aromatic heterocycles. The van der Waals surface area contributed by atoms with Gasteiger partial charge in [0.1, 0.15) is 5.78 Å². The summed E-state index contributed by atoms with van der Waals surface area (Å²) in [5.74, 6) is 0.201. The molecule has 0 N–H and O–H groups in total. The van der Waals surface area contributed by atoms with Crippen molar-refractivity contribution in [2.75, 3.05) is 20.6 Å². The fraction of sp³-hybridized carbons (Fsp3) is 0.692. The van der Waals surface area contributed by atoms with E-state index >= 15 is 0 Å². The van der Waals surface area contributed by atoms with E-state index in [-0.39, 0.29) is 11.2 Å². The molecule has 0 unspecified atom stereocenters. The molecule has 0 atom stereocenters. The van der Waals surface area contributed by atoms with Crippen LogP contribution in [0.15, 0.2) is 10.7 Å². The van der Waals surface area contributed by atoms with Crippen molar-refractivity contribution in [2.45, 2.75) is 39.2 Å². The largest absolute Gasteiger partial charge is 0.308 e. The van der Waals surface area contributed by atoms with E-state index in [1.54, 1.807) is 6.92 Å². The van der Waals surface area contributed by atoms with Gasteiger partial charge in [-0.25, -0.2) is 0 Å². The van der Waals surface area contributed by atoms with Gasteiger partial charge in [-0.05, 0) is 36.9 Å². The lowest BCUT2D eigenvalue weighted by atomic mass is 9.84. The Balaban J connectivity index is 2.99. The van der Waals surface area contributed by atoms with Crippen LogP contribution in [0.3, 0.4) is 0 Å². The minimum absolute atomic E-state index is 0.201. The van der Waals surface area contributed by atoms with Gasteiger partial charge in [0.25, 0.3) is 0 Å². The molecule has 4 nitrogen and oxygen atoms in total. The Morgan fingerprint density at radius 2 is 2.11 bits per heavy atom. The molecule has 1 heterocycles. The lowest BCUT2D eigenvalue weighted by Gasteiger charge is -2.26. The smallest absolute Gasteiger partial charge is 0.130 e. The average Bonchev–Trinajstić information content (AvgIpc) is 2.55. The van der Waals surface area contributed by atoms with Crippen molar-refractivity contribution in [3.63, 3.8) is 0 Å². The van der Waals surface area contributed by atoms with Crippen LogP contribution in [0.25, 0.3) is 0 Å². The number of halogens is 1. The maximum Gasteiger partial charge on any atom is 0.130 e. The van der Waals surface area contributed by atoms with Gasteiger partial charge in [0, 0.05) is 18.4 Å². The van der Waals surface area contributed by atoms with Gasteiger partial charge in [-0.1, -0.05) is 13.8 Å². The molecule has 1 aromatic rings. The van der Waals surface area contributed by atoms with Crippen molar-refractivity contribution in [3.8, 4) is 0 Å². The molecule has 0 aliphatic carbocycles. The van der Waals surface area contributed by atoms with E-state index in [2.05, 4.69) is 39.8 Å². The summed E-state index contributed by atoms with van der Waals surface area (Å²) in [7, 11) is 4.08. The number of ketones is 1. The number of Topliss-reactive ketones (excluding diaryl/α,β-unsaturated/α-hetero) is 1. The van der Waals surface area contributed by atoms with E-state index in [1.165, 1.54) is 0 Å². The Morgan fingerprint density at radius 1 is 1.50 bits per heavy atom. The molecule has 0 aromatic carbocycles. The molecule has 18 heavy (non-hydrogen) atoms. The summed E-state index contributed by atoms with van der Waals surface area (Å²) in [6.07, 6.45) is 2.34. The third kappa shape index (κ3) is 3.92. The number of carbonyl (C=O) groups is 1. The third-order valence-electron chi connectivity index (χ3n) is 2.89. The second-order valence-corrected chi connectivity index (χ2v) is 6.48. The molecule has 0 fully saturated rings. The van der Waals surface area contributed by atoms with Gasteiger partial charge in [0.15, 0.2) is 0 Å². The van der Waals surface area contributed by atoms with Gasteiger partial charge in [0.05, 0.1) is 22.9 Å². The van der Waals surface area contributed by atoms with Gasteiger partial charge < -0.3 is 4.90 Å². The number of hydrogen-bond donors (Lipinski definition) is 0. The average molecular weight is 316 g/mol. The zero-order valence-electron chi connectivity index (χ0n) is 11.8. The summed E-state index contributed by atoms with van der Waals surface area (Å²) in [5, 5.41) is 4.39. The standard InChI is InChI=1S/C13H22BrN3O/c1-10(18)8-13(2,3)12-11(14)9-15-17(12)7-6-16(4)5/h9H,6-8H2,1-5H3. The second kappa shape index (κ2) is 5.97. The molecular weight excluding hydrogens is 294 g/mol. The summed E-state index contributed by atoms with van der Waals surface area (Å²) in [5.41, 5.74) is 0.896. The van der Waals surface area contributed by atoms with Crippen molar-refractivity contribution < 1.29 is 4.79 Å². The number of carbonyl (C=O) groups excluding carboxylic acids is 1. The molecule has 0 aliphatic rings. The minimum Gasteiger partial charge on any atom is -0.308 e. The summed E-state index contributed by atoms with van der Waals surface area (Å²) in [4.78, 5) is 13.5. The number of nitrogens with zero attached hydrogens (tertiary/aromatic N) is 3. The van der Waals surface area contributed by atoms with Crippen LogP contribution in [0.1, 0.15) is 32.9 Å². The normalized spacial score (nSPS) is 12.2. The maximum absolute atomic E-state index is 11.4. The number of likely N-dealkylation sites (N-methyl/N-ethyl adjacent to an activating group) is 1. The molecule has 0 saturated heterocycles. The van der Waals surface area contributed by atoms with E-state index in [0.717, 1.165) is 23.3 Å². The van der Waals surface area contributed by atoms with Crippen LogP contribution in [0.2, 0.25) is 0 Å². The van der Waals surface area contributed by atoms with Crippen LogP contribution < -0.4 is 0 Å². The first-order chi connectivity index (χ1) is 8.24. The monoisotopic (exact) mass is 315 g/mol. The second-order valence-electron chi connectivity index (χ2n) is 5.63. The third-order valence-corrected chi connectivity index (χ3v) is 3.47. The van der Waals surface area contributed by atoms with E-state index in [4.69, 9.17) is 0 Å². The Bertz CT molecular complexity index is 424. The van der Waals surface area contributed by atoms with Crippen LogP contribution in [0.4, 0.5) is 0 Å². The molecule has 0 radical (unpaired) electrons. The number of hydrogen-bond acceptors (Lipinski definition) is 3. The van der Waals surface area contributed by atoms with Crippen molar-refractivity contribution >= 4 is 21.7 Å². The first-order valence-corrected chi connectivity index (χ1v) is 6.89. The summed E-state index contributed by atoms with van der Waals surface area (Å²) in [6.45, 7) is 7.56. The van der Waals surface area contributed by atoms with Crippen molar-refractivity contribution in [1.29, 1.82) is 0 Å². The molecule has 0 spiro atoms. The molecule has 102 valence electrons. The zero-order chi connectivity index (χ0) is 13.9. The molecule has 1 rings (SSSR count). The highest BCUT2D eigenvalue weighted by molar-refractivity contribution is 9.10. The van der Waals surface area contributed by atoms with Gasteiger partial charge in [0.2, 0.25) is 0 Å². The minimum atomic E-state index is -0.201. The summed E-state index contributed by atoms with van der Waals surface area (Å²) < 4.78 is 2.97. The SMILES string of the molecule is CC(=O)CC(C)(C)c1c(Br)cnn1CCN(C)C. The number of aromatic nitrogens is 2. The molecule has 0 aliphatic heterocycles. The highest BCUT2D eigenvalue weighted by Gasteiger charge is 2.29. The highest BCUT2D eigenvalue weighted by Crippen LogP contribution is 2.33. The van der Waals surface area contributed by atoms with Crippen LogP contribution in [0.5, 0.6) is 0 Å². The van der Waals surface area contributed by atoms with Crippen molar-refractivity contribution in [1.82, 2.24) is 14.7 Å². The van der Waals surface area contributed by atoms with E-state index in [9.17, 15) is 4.79 Å². The molecule has 0 bridgehead atoms. The topological polar surface area (TPSA) is 38.1 Å². The maximum atomic E-state index is 11.4. The van der Waals surface area contributed by atoms with E-state index in [1.807, 2.05) is 25.0 Å². The molecule has 0 amide bonds. The predicted molar refractivity (Wildman–Crippen MR) is 76.8 cm³/mol. The first-order valence-electron chi connectivity index (χ1n) is 6.10. The molecule has 5 heteroatoms. The quantitative estimate of drug-likeness (QED) is 0.809. The number of rotatable bonds is 6. The van der Waals surface area contributed by atoms with E-state index in [0.29, 0.717) is 6.42 Å². The Labute approximate surface area is 117 Å². The Morgan fingerprint density at radius 3 is 2.61 bits per heavy atom. The summed E-state index contributed by atoms with van der Waals surface area (Å²) >= 11 is 3.54. The predicted octanol–water partition coefficient (Wildman–Crippen LogP) is 2.46. The van der Waals surface area contributed by atoms with Crippen LogP contribution in [-0.4, -0.2) is 41.1 Å². The van der Waals surface area contributed by atoms with Gasteiger partial charge in [-0.2, -0.15) is 5.10 Å². The van der Waals surface area contributed by atoms with Crippen LogP contribution in [0, 0.1) is 0 Å². The fourth-order valence-corrected chi connectivity index (χ4v) is 3.04. The van der Waals surface area contributed by atoms with Crippen molar-refractivity contribution in [2.24, 2.45) is 0 Å². The van der Waals surface area contributed by atoms with Crippen molar-refractivity contribution in [3.05, 3.63) is 16.4 Å². The Kier molecular flexibility index (Phi) is 5.10. The van der Waals surface area contributed by atoms with Gasteiger partial charge in [-0.3, -0.25) is 9.48 Å². The fourth-order valence-electron chi connectivity index (χ4n) is 2.21. The van der Waals surface area contributed by atoms with Crippen LogP contribution >= 0.6 is 15.9 Å². The van der Waals surface area contributed by atoms with Crippen LogP contribution in [-0.2, 0) is 16.8 Å². The van der Waals surface area contributed by atoms with Gasteiger partial charge >= 0.3 is 0 Å². The lowest BCUT2D eigenvalue weighted by molar-refractivity contribution is -0.118. The van der Waals surface area contributed by atoms with Gasteiger partial charge in [-0.15, -0.1) is 0 Å². The Hall–Kier alpha value is -0.680. The zero-order valence-corrected chi connectivity index (χ0v) is 13.4. The summed E-state index contributed by atoms with van der Waals surface area (Å²) in [6, 6.07) is 0. The lowest BCUT2D eigenvalue weighted by Crippen LogP contribution is -2.28. The van der Waals surface area contributed by atoms with E-state index < -0.39 is 0 Å². The molecule has 0 saturated carbocycles.